The number of hydrogen-bond donors (Lipinski definition) is 0. The third-order valence-corrected chi connectivity index (χ3v) is 3.79. The highest BCUT2D eigenvalue weighted by molar-refractivity contribution is 9.10. The van der Waals surface area contributed by atoms with Crippen LogP contribution in [0.1, 0.15) is 20.3 Å². The maximum absolute atomic E-state index is 11.5. The molecular weight excluding hydrogens is 288 g/mol. The fourth-order valence-electron chi connectivity index (χ4n) is 1.30. The summed E-state index contributed by atoms with van der Waals surface area (Å²) in [6, 6.07) is 0. The van der Waals surface area contributed by atoms with Crippen LogP contribution in [0.5, 0.6) is 0 Å². The largest absolute Gasteiger partial charge is 0.297 e. The lowest BCUT2D eigenvalue weighted by molar-refractivity contribution is -0.140. The molecule has 68 valence electrons. The van der Waals surface area contributed by atoms with Gasteiger partial charge in [0.1, 0.15) is 0 Å². The molecule has 0 spiro atoms. The summed E-state index contributed by atoms with van der Waals surface area (Å²) in [6.45, 7) is 3.36. The lowest BCUT2D eigenvalue weighted by Gasteiger charge is -2.32. The Morgan fingerprint density at radius 2 is 1.50 bits per heavy atom. The van der Waals surface area contributed by atoms with E-state index in [1.165, 1.54) is 0 Å². The van der Waals surface area contributed by atoms with E-state index in [4.69, 9.17) is 0 Å². The van der Waals surface area contributed by atoms with Crippen molar-refractivity contribution in [2.75, 3.05) is 0 Å². The van der Waals surface area contributed by atoms with Crippen LogP contribution in [0.25, 0.3) is 0 Å². The van der Waals surface area contributed by atoms with Gasteiger partial charge in [0, 0.05) is 0 Å². The molecule has 0 heterocycles. The first kappa shape index (κ1) is 10.4. The molecule has 4 heteroatoms. The van der Waals surface area contributed by atoms with E-state index in [-0.39, 0.29) is 21.2 Å². The van der Waals surface area contributed by atoms with Crippen LogP contribution in [0.2, 0.25) is 0 Å². The Bertz CT molecular complexity index is 213. The van der Waals surface area contributed by atoms with E-state index < -0.39 is 5.41 Å². The van der Waals surface area contributed by atoms with Gasteiger partial charge in [0.25, 0.3) is 0 Å². The Balaban J connectivity index is 2.98. The molecule has 2 unspecified atom stereocenters. The third kappa shape index (κ3) is 1.51. The Kier molecular flexibility index (Phi) is 2.78. The molecule has 1 aliphatic carbocycles. The van der Waals surface area contributed by atoms with Crippen molar-refractivity contribution in [3.63, 3.8) is 0 Å². The quantitative estimate of drug-likeness (QED) is 0.507. The second kappa shape index (κ2) is 3.22. The van der Waals surface area contributed by atoms with Crippen LogP contribution in [0, 0.1) is 5.41 Å². The van der Waals surface area contributed by atoms with Crippen LogP contribution in [0.4, 0.5) is 0 Å². The van der Waals surface area contributed by atoms with E-state index >= 15 is 0 Å². The first-order chi connectivity index (χ1) is 5.37. The number of hydrogen-bond acceptors (Lipinski definition) is 2. The van der Waals surface area contributed by atoms with E-state index in [1.54, 1.807) is 13.8 Å². The minimum Gasteiger partial charge on any atom is -0.297 e. The van der Waals surface area contributed by atoms with Gasteiger partial charge in [-0.2, -0.15) is 0 Å². The molecule has 0 aromatic heterocycles. The van der Waals surface area contributed by atoms with Crippen molar-refractivity contribution in [1.82, 2.24) is 0 Å². The normalized spacial score (nSPS) is 35.3. The highest BCUT2D eigenvalue weighted by Crippen LogP contribution is 2.35. The van der Waals surface area contributed by atoms with Crippen molar-refractivity contribution in [3.05, 3.63) is 0 Å². The molecule has 0 aromatic carbocycles. The van der Waals surface area contributed by atoms with Gasteiger partial charge in [-0.1, -0.05) is 31.9 Å². The smallest absolute Gasteiger partial charge is 0.159 e. The number of halogens is 2. The lowest BCUT2D eigenvalue weighted by atomic mass is 9.75. The van der Waals surface area contributed by atoms with Gasteiger partial charge in [-0.3, -0.25) is 9.59 Å². The van der Waals surface area contributed by atoms with Gasteiger partial charge in [0.2, 0.25) is 0 Å². The van der Waals surface area contributed by atoms with E-state index in [0.29, 0.717) is 6.42 Å². The fraction of sp³-hybridized carbons (Fsp3) is 0.750. The summed E-state index contributed by atoms with van der Waals surface area (Å²) in [7, 11) is 0. The molecule has 1 saturated carbocycles. The molecule has 0 N–H and O–H groups in total. The van der Waals surface area contributed by atoms with E-state index in [2.05, 4.69) is 31.9 Å². The van der Waals surface area contributed by atoms with Crippen LogP contribution < -0.4 is 0 Å². The molecule has 0 saturated heterocycles. The van der Waals surface area contributed by atoms with Crippen LogP contribution in [-0.2, 0) is 9.59 Å². The van der Waals surface area contributed by atoms with Crippen LogP contribution in [0.3, 0.4) is 0 Å². The number of ketones is 2. The SMILES string of the molecule is CC1(C)C(=O)C(Br)CC(Br)C1=O. The maximum atomic E-state index is 11.5. The average Bonchev–Trinajstić information content (AvgIpc) is 1.99. The predicted octanol–water partition coefficient (Wildman–Crippen LogP) is 2.08. The monoisotopic (exact) mass is 296 g/mol. The van der Waals surface area contributed by atoms with Gasteiger partial charge in [-0.25, -0.2) is 0 Å². The predicted molar refractivity (Wildman–Crippen MR) is 53.8 cm³/mol. The van der Waals surface area contributed by atoms with Crippen molar-refractivity contribution in [3.8, 4) is 0 Å². The number of rotatable bonds is 0. The number of carbonyl (C=O) groups is 2. The zero-order chi connectivity index (χ0) is 9.52. The van der Waals surface area contributed by atoms with Gasteiger partial charge in [-0.15, -0.1) is 0 Å². The number of alkyl halides is 2. The molecule has 1 aliphatic rings. The van der Waals surface area contributed by atoms with Crippen molar-refractivity contribution < 1.29 is 9.59 Å². The molecule has 0 bridgehead atoms. The molecule has 1 rings (SSSR count). The van der Waals surface area contributed by atoms with Crippen molar-refractivity contribution in [2.24, 2.45) is 5.41 Å². The van der Waals surface area contributed by atoms with Crippen molar-refractivity contribution in [1.29, 1.82) is 0 Å². The number of Topliss-reactive ketones (excluding diaryl/α,β-unsaturated/α-hetero) is 2. The van der Waals surface area contributed by atoms with Gasteiger partial charge < -0.3 is 0 Å². The summed E-state index contributed by atoms with van der Waals surface area (Å²) in [5.41, 5.74) is -0.833. The molecule has 12 heavy (non-hydrogen) atoms. The first-order valence-electron chi connectivity index (χ1n) is 3.74. The van der Waals surface area contributed by atoms with Crippen LogP contribution in [-0.4, -0.2) is 21.2 Å². The summed E-state index contributed by atoms with van der Waals surface area (Å²) >= 11 is 6.53. The second-order valence-electron chi connectivity index (χ2n) is 3.52. The van der Waals surface area contributed by atoms with Crippen LogP contribution in [0.15, 0.2) is 0 Å². The summed E-state index contributed by atoms with van der Waals surface area (Å²) in [5, 5.41) is 0. The van der Waals surface area contributed by atoms with Gasteiger partial charge in [0.05, 0.1) is 15.1 Å². The van der Waals surface area contributed by atoms with Crippen molar-refractivity contribution in [2.45, 2.75) is 29.9 Å². The third-order valence-electron chi connectivity index (χ3n) is 2.21. The first-order valence-corrected chi connectivity index (χ1v) is 5.57. The summed E-state index contributed by atoms with van der Waals surface area (Å²) in [6.07, 6.45) is 0.557. The van der Waals surface area contributed by atoms with Gasteiger partial charge in [0.15, 0.2) is 11.6 Å². The van der Waals surface area contributed by atoms with E-state index in [1.807, 2.05) is 0 Å². The Morgan fingerprint density at radius 3 is 1.83 bits per heavy atom. The minimum absolute atomic E-state index is 0.0109. The highest BCUT2D eigenvalue weighted by atomic mass is 79.9. The zero-order valence-electron chi connectivity index (χ0n) is 6.93. The molecule has 2 nitrogen and oxygen atoms in total. The fourth-order valence-corrected chi connectivity index (χ4v) is 3.69. The van der Waals surface area contributed by atoms with Gasteiger partial charge >= 0.3 is 0 Å². The molecule has 0 amide bonds. The molecule has 2 atom stereocenters. The van der Waals surface area contributed by atoms with E-state index in [9.17, 15) is 9.59 Å². The Morgan fingerprint density at radius 1 is 1.17 bits per heavy atom. The standard InChI is InChI=1S/C8H10Br2O2/c1-8(2)6(11)4(9)3-5(10)7(8)12/h4-5H,3H2,1-2H3. The number of carbonyl (C=O) groups excluding carboxylic acids is 2. The molecule has 0 aliphatic heterocycles. The van der Waals surface area contributed by atoms with Crippen LogP contribution >= 0.6 is 31.9 Å². The zero-order valence-corrected chi connectivity index (χ0v) is 10.1. The van der Waals surface area contributed by atoms with E-state index in [0.717, 1.165) is 0 Å². The average molecular weight is 298 g/mol. The summed E-state index contributed by atoms with van der Waals surface area (Å²) in [4.78, 5) is 22.7. The maximum Gasteiger partial charge on any atom is 0.159 e. The Hall–Kier alpha value is 0.300. The van der Waals surface area contributed by atoms with Gasteiger partial charge in [-0.05, 0) is 20.3 Å². The molecule has 0 radical (unpaired) electrons. The molecule has 0 aromatic rings. The lowest BCUT2D eigenvalue weighted by Crippen LogP contribution is -2.48. The topological polar surface area (TPSA) is 34.1 Å². The second-order valence-corrected chi connectivity index (χ2v) is 5.73. The Labute approximate surface area is 88.3 Å². The minimum atomic E-state index is -0.833. The molecule has 1 fully saturated rings. The summed E-state index contributed by atoms with van der Waals surface area (Å²) < 4.78 is 0. The highest BCUT2D eigenvalue weighted by Gasteiger charge is 2.46. The van der Waals surface area contributed by atoms with Crippen molar-refractivity contribution >= 4 is 43.4 Å². The molecular formula is C8H10Br2O2. The summed E-state index contributed by atoms with van der Waals surface area (Å²) in [5.74, 6) is -0.0219.